The molecule has 0 saturated heterocycles. The molecule has 0 spiro atoms. The molecule has 0 heterocycles. The minimum Gasteiger partial charge on any atom is -0.507 e. The van der Waals surface area contributed by atoms with Gasteiger partial charge in [-0.15, -0.1) is 10.2 Å². The van der Waals surface area contributed by atoms with Gasteiger partial charge in [0.2, 0.25) is 0 Å². The maximum absolute atomic E-state index is 11.4. The van der Waals surface area contributed by atoms with Gasteiger partial charge in [-0.3, -0.25) is 20.2 Å². The second-order valence-corrected chi connectivity index (χ2v) is 6.46. The second-order valence-electron chi connectivity index (χ2n) is 6.46. The van der Waals surface area contributed by atoms with Crippen molar-refractivity contribution in [3.05, 3.63) is 74.8 Å². The molecular formula is C20H12N4O7. The summed E-state index contributed by atoms with van der Waals surface area (Å²) in [6, 6.07) is 12.5. The van der Waals surface area contributed by atoms with E-state index in [1.165, 1.54) is 24.3 Å². The van der Waals surface area contributed by atoms with Crippen LogP contribution in [0.2, 0.25) is 0 Å². The molecule has 0 saturated carbocycles. The van der Waals surface area contributed by atoms with Crippen LogP contribution >= 0.6 is 0 Å². The predicted octanol–water partition coefficient (Wildman–Crippen LogP) is 5.34. The summed E-state index contributed by atoms with van der Waals surface area (Å²) >= 11 is 0. The highest BCUT2D eigenvalue weighted by Gasteiger charge is 2.28. The Hall–Kier alpha value is -4.80. The van der Waals surface area contributed by atoms with Gasteiger partial charge in [0.05, 0.1) is 15.2 Å². The number of nitro benzene ring substituents is 2. The van der Waals surface area contributed by atoms with E-state index in [-0.39, 0.29) is 27.9 Å². The average molecular weight is 420 g/mol. The summed E-state index contributed by atoms with van der Waals surface area (Å²) in [6.07, 6.45) is 0. The van der Waals surface area contributed by atoms with E-state index in [1.54, 1.807) is 24.3 Å². The van der Waals surface area contributed by atoms with E-state index < -0.39 is 32.7 Å². The fraction of sp³-hybridized carbons (Fsp3) is 0. The first-order valence-electron chi connectivity index (χ1n) is 8.73. The number of aromatic hydroxyl groups is 3. The van der Waals surface area contributed by atoms with E-state index in [9.17, 15) is 35.5 Å². The van der Waals surface area contributed by atoms with Crippen molar-refractivity contribution in [3.8, 4) is 17.2 Å². The van der Waals surface area contributed by atoms with Crippen LogP contribution in [0.25, 0.3) is 21.5 Å². The lowest BCUT2D eigenvalue weighted by Crippen LogP contribution is -1.96. The quantitative estimate of drug-likeness (QED) is 0.131. The number of benzene rings is 4. The zero-order valence-corrected chi connectivity index (χ0v) is 15.5. The largest absolute Gasteiger partial charge is 0.507 e. The van der Waals surface area contributed by atoms with E-state index >= 15 is 0 Å². The minimum atomic E-state index is -0.928. The van der Waals surface area contributed by atoms with Gasteiger partial charge in [-0.1, -0.05) is 30.3 Å². The number of hydrogen-bond donors (Lipinski definition) is 3. The lowest BCUT2D eigenvalue weighted by molar-refractivity contribution is -0.421. The Kier molecular flexibility index (Phi) is 4.55. The zero-order valence-electron chi connectivity index (χ0n) is 15.5. The molecular weight excluding hydrogens is 408 g/mol. The van der Waals surface area contributed by atoms with Crippen molar-refractivity contribution >= 4 is 44.3 Å². The highest BCUT2D eigenvalue weighted by atomic mass is 16.6. The van der Waals surface area contributed by atoms with E-state index in [0.717, 1.165) is 6.07 Å². The fourth-order valence-corrected chi connectivity index (χ4v) is 3.34. The molecule has 0 unspecified atom stereocenters. The molecule has 0 fully saturated rings. The highest BCUT2D eigenvalue weighted by Crippen LogP contribution is 2.49. The second kappa shape index (κ2) is 7.22. The molecule has 0 aliphatic heterocycles. The van der Waals surface area contributed by atoms with Gasteiger partial charge < -0.3 is 15.3 Å². The molecule has 0 aliphatic rings. The molecule has 0 radical (unpaired) electrons. The molecule has 0 bridgehead atoms. The standard InChI is InChI=1S/C20H12N4O7/c25-15-9-8-12-16(20(15)27)17(10-4-1-2-5-11(10)19(12)26)22-21-13-6-3-7-14(23(28)29)18(13)24(30)31/h1-9,25-27H. The molecule has 154 valence electrons. The monoisotopic (exact) mass is 420 g/mol. The fourth-order valence-electron chi connectivity index (χ4n) is 3.34. The van der Waals surface area contributed by atoms with Gasteiger partial charge in [0.25, 0.3) is 0 Å². The molecule has 11 heteroatoms. The number of rotatable bonds is 4. The third kappa shape index (κ3) is 3.09. The summed E-state index contributed by atoms with van der Waals surface area (Å²) in [7, 11) is 0. The average Bonchev–Trinajstić information content (AvgIpc) is 2.75. The van der Waals surface area contributed by atoms with Crippen LogP contribution in [0.5, 0.6) is 17.2 Å². The van der Waals surface area contributed by atoms with Crippen molar-refractivity contribution in [2.45, 2.75) is 0 Å². The number of phenolic OH excluding ortho intramolecular Hbond substituents is 3. The van der Waals surface area contributed by atoms with Crippen molar-refractivity contribution < 1.29 is 25.2 Å². The number of nitro groups is 2. The normalized spacial score (nSPS) is 11.4. The summed E-state index contributed by atoms with van der Waals surface area (Å²) in [4.78, 5) is 20.8. The van der Waals surface area contributed by atoms with E-state index in [2.05, 4.69) is 10.2 Å². The molecule has 4 rings (SSSR count). The molecule has 11 nitrogen and oxygen atoms in total. The van der Waals surface area contributed by atoms with Gasteiger partial charge in [-0.25, -0.2) is 0 Å². The van der Waals surface area contributed by atoms with Gasteiger partial charge in [0.1, 0.15) is 11.4 Å². The van der Waals surface area contributed by atoms with E-state index in [4.69, 9.17) is 0 Å². The third-order valence-corrected chi connectivity index (χ3v) is 4.72. The number of fused-ring (bicyclic) bond motifs is 2. The van der Waals surface area contributed by atoms with Crippen LogP contribution in [0.1, 0.15) is 0 Å². The van der Waals surface area contributed by atoms with Gasteiger partial charge in [0.15, 0.2) is 17.2 Å². The Labute approximate surface area is 172 Å². The maximum atomic E-state index is 11.4. The summed E-state index contributed by atoms with van der Waals surface area (Å²) in [6.45, 7) is 0. The molecule has 4 aromatic rings. The maximum Gasteiger partial charge on any atom is 0.373 e. The molecule has 0 amide bonds. The van der Waals surface area contributed by atoms with Crippen LogP contribution in [-0.2, 0) is 0 Å². The van der Waals surface area contributed by atoms with Crippen LogP contribution in [0.3, 0.4) is 0 Å². The molecule has 31 heavy (non-hydrogen) atoms. The van der Waals surface area contributed by atoms with Gasteiger partial charge in [-0.2, -0.15) is 0 Å². The van der Waals surface area contributed by atoms with Gasteiger partial charge in [-0.05, 0) is 18.2 Å². The number of nitrogens with zero attached hydrogens (tertiary/aromatic N) is 4. The molecule has 0 aromatic heterocycles. The number of para-hydroxylation sites is 1. The van der Waals surface area contributed by atoms with E-state index in [0.29, 0.717) is 10.8 Å². The van der Waals surface area contributed by atoms with Crippen molar-refractivity contribution in [2.75, 3.05) is 0 Å². The first kappa shape index (κ1) is 19.5. The molecule has 0 aliphatic carbocycles. The Balaban J connectivity index is 2.06. The van der Waals surface area contributed by atoms with Gasteiger partial charge in [0, 0.05) is 22.2 Å². The first-order chi connectivity index (χ1) is 14.8. The summed E-state index contributed by atoms with van der Waals surface area (Å²) < 4.78 is 0. The Morgan fingerprint density at radius 3 is 2.10 bits per heavy atom. The summed E-state index contributed by atoms with van der Waals surface area (Å²) in [5.41, 5.74) is -1.94. The van der Waals surface area contributed by atoms with Crippen LogP contribution < -0.4 is 0 Å². The lowest BCUT2D eigenvalue weighted by Gasteiger charge is -2.12. The van der Waals surface area contributed by atoms with Crippen LogP contribution in [0.15, 0.2) is 64.8 Å². The number of phenols is 3. The van der Waals surface area contributed by atoms with Crippen molar-refractivity contribution in [1.29, 1.82) is 0 Å². The molecule has 0 atom stereocenters. The number of azo groups is 1. The Morgan fingerprint density at radius 1 is 0.710 bits per heavy atom. The topological polar surface area (TPSA) is 172 Å². The van der Waals surface area contributed by atoms with Crippen LogP contribution in [0, 0.1) is 20.2 Å². The smallest absolute Gasteiger partial charge is 0.373 e. The highest BCUT2D eigenvalue weighted by molar-refractivity contribution is 6.16. The number of hydrogen-bond acceptors (Lipinski definition) is 9. The van der Waals surface area contributed by atoms with Gasteiger partial charge >= 0.3 is 11.4 Å². The Morgan fingerprint density at radius 2 is 1.42 bits per heavy atom. The van der Waals surface area contributed by atoms with Crippen molar-refractivity contribution in [3.63, 3.8) is 0 Å². The molecule has 4 aromatic carbocycles. The molecule has 3 N–H and O–H groups in total. The minimum absolute atomic E-state index is 0.0117. The first-order valence-corrected chi connectivity index (χ1v) is 8.73. The summed E-state index contributed by atoms with van der Waals surface area (Å²) in [5, 5.41) is 62.3. The van der Waals surface area contributed by atoms with Crippen LogP contribution in [-0.4, -0.2) is 25.2 Å². The van der Waals surface area contributed by atoms with Crippen molar-refractivity contribution in [2.24, 2.45) is 10.2 Å². The third-order valence-electron chi connectivity index (χ3n) is 4.72. The Bertz CT molecular complexity index is 1430. The van der Waals surface area contributed by atoms with Crippen molar-refractivity contribution in [1.82, 2.24) is 0 Å². The lowest BCUT2D eigenvalue weighted by atomic mass is 9.99. The zero-order chi connectivity index (χ0) is 22.3. The van der Waals surface area contributed by atoms with Crippen LogP contribution in [0.4, 0.5) is 22.7 Å². The van der Waals surface area contributed by atoms with E-state index in [1.807, 2.05) is 0 Å². The summed E-state index contributed by atoms with van der Waals surface area (Å²) in [5.74, 6) is -1.21. The predicted molar refractivity (Wildman–Crippen MR) is 110 cm³/mol. The SMILES string of the molecule is O=[N+]([O-])c1cccc(N=Nc2c3ccccc3c(O)c3ccc(O)c(O)c23)c1[N+](=O)[O-].